The Morgan fingerprint density at radius 2 is 1.71 bits per heavy atom. The van der Waals surface area contributed by atoms with E-state index in [1.54, 1.807) is 42.5 Å². The van der Waals surface area contributed by atoms with Crippen LogP contribution in [-0.4, -0.2) is 27.5 Å². The van der Waals surface area contributed by atoms with Crippen molar-refractivity contribution in [2.45, 2.75) is 18.4 Å². The third-order valence-electron chi connectivity index (χ3n) is 4.44. The van der Waals surface area contributed by atoms with Crippen molar-refractivity contribution in [3.8, 4) is 5.75 Å². The highest BCUT2D eigenvalue weighted by molar-refractivity contribution is 7.92. The normalized spacial score (nSPS) is 11.0. The highest BCUT2D eigenvalue weighted by atomic mass is 35.5. The van der Waals surface area contributed by atoms with E-state index in [1.807, 2.05) is 31.2 Å². The summed E-state index contributed by atoms with van der Waals surface area (Å²) in [5, 5.41) is 3.00. The molecule has 0 aliphatic rings. The fourth-order valence-corrected chi connectivity index (χ4v) is 4.72. The van der Waals surface area contributed by atoms with Crippen LogP contribution < -0.4 is 14.4 Å². The maximum atomic E-state index is 13.3. The van der Waals surface area contributed by atoms with Crippen LogP contribution in [0.4, 0.5) is 5.69 Å². The van der Waals surface area contributed by atoms with Gasteiger partial charge in [0.15, 0.2) is 0 Å². The van der Waals surface area contributed by atoms with Gasteiger partial charge in [0.1, 0.15) is 12.3 Å². The van der Waals surface area contributed by atoms with E-state index in [0.717, 1.165) is 9.87 Å². The van der Waals surface area contributed by atoms with E-state index in [9.17, 15) is 13.2 Å². The lowest BCUT2D eigenvalue weighted by atomic mass is 10.2. The minimum atomic E-state index is -4.00. The maximum absolute atomic E-state index is 13.3. The molecule has 0 aliphatic carbocycles. The molecule has 0 aliphatic heterocycles. The van der Waals surface area contributed by atoms with E-state index in [1.165, 1.54) is 12.1 Å². The fraction of sp³-hybridized carbons (Fsp3) is 0.174. The van der Waals surface area contributed by atoms with Crippen molar-refractivity contribution in [3.63, 3.8) is 0 Å². The number of sulfonamides is 1. The van der Waals surface area contributed by atoms with Crippen LogP contribution in [0.2, 0.25) is 5.02 Å². The first kappa shape index (κ1) is 22.7. The molecule has 3 rings (SSSR count). The van der Waals surface area contributed by atoms with Gasteiger partial charge in [-0.2, -0.15) is 0 Å². The Kier molecular flexibility index (Phi) is 7.55. The van der Waals surface area contributed by atoms with Crippen molar-refractivity contribution in [3.05, 3.63) is 89.4 Å². The van der Waals surface area contributed by atoms with Crippen molar-refractivity contribution < 1.29 is 17.9 Å². The average Bonchev–Trinajstić information content (AvgIpc) is 2.78. The van der Waals surface area contributed by atoms with Gasteiger partial charge in [0.05, 0.1) is 22.2 Å². The van der Waals surface area contributed by atoms with E-state index < -0.39 is 22.5 Å². The number of rotatable bonds is 9. The summed E-state index contributed by atoms with van der Waals surface area (Å²) in [4.78, 5) is 12.8. The predicted molar refractivity (Wildman–Crippen MR) is 122 cm³/mol. The molecule has 1 N–H and O–H groups in total. The number of nitrogens with zero attached hydrogens (tertiary/aromatic N) is 1. The second-order valence-electron chi connectivity index (χ2n) is 6.63. The molecular formula is C23H23ClN2O4S. The van der Waals surface area contributed by atoms with Gasteiger partial charge in [-0.1, -0.05) is 54.1 Å². The second-order valence-corrected chi connectivity index (χ2v) is 8.90. The second kappa shape index (κ2) is 10.3. The smallest absolute Gasteiger partial charge is 0.264 e. The van der Waals surface area contributed by atoms with Gasteiger partial charge in [-0.3, -0.25) is 9.10 Å². The molecule has 0 unspecified atom stereocenters. The molecular weight excluding hydrogens is 436 g/mol. The molecule has 0 saturated carbocycles. The molecule has 0 spiro atoms. The quantitative estimate of drug-likeness (QED) is 0.520. The number of nitrogens with one attached hydrogen (secondary N) is 1. The van der Waals surface area contributed by atoms with E-state index in [4.69, 9.17) is 16.3 Å². The summed E-state index contributed by atoms with van der Waals surface area (Å²) < 4.78 is 33.1. The molecule has 31 heavy (non-hydrogen) atoms. The van der Waals surface area contributed by atoms with Crippen molar-refractivity contribution in [2.24, 2.45) is 0 Å². The molecule has 6 nitrogen and oxygen atoms in total. The van der Waals surface area contributed by atoms with E-state index in [-0.39, 0.29) is 22.2 Å². The van der Waals surface area contributed by atoms with Crippen LogP contribution in [0.5, 0.6) is 5.75 Å². The van der Waals surface area contributed by atoms with Gasteiger partial charge in [0.25, 0.3) is 10.0 Å². The molecule has 0 bridgehead atoms. The van der Waals surface area contributed by atoms with E-state index in [2.05, 4.69) is 5.32 Å². The number of para-hydroxylation sites is 1. The maximum Gasteiger partial charge on any atom is 0.264 e. The molecule has 162 valence electrons. The summed E-state index contributed by atoms with van der Waals surface area (Å²) in [7, 11) is -4.00. The van der Waals surface area contributed by atoms with Crippen LogP contribution in [0.3, 0.4) is 0 Å². The van der Waals surface area contributed by atoms with E-state index in [0.29, 0.717) is 12.4 Å². The molecule has 8 heteroatoms. The molecule has 0 saturated heterocycles. The number of carbonyl (C=O) groups is 1. The zero-order valence-electron chi connectivity index (χ0n) is 17.0. The van der Waals surface area contributed by atoms with Gasteiger partial charge >= 0.3 is 0 Å². The Hall–Kier alpha value is -3.03. The Morgan fingerprint density at radius 3 is 2.42 bits per heavy atom. The van der Waals surface area contributed by atoms with Crippen LogP contribution in [-0.2, 0) is 21.4 Å². The molecule has 0 fully saturated rings. The van der Waals surface area contributed by atoms with Gasteiger partial charge in [-0.15, -0.1) is 0 Å². The number of hydrogen-bond acceptors (Lipinski definition) is 4. The monoisotopic (exact) mass is 458 g/mol. The summed E-state index contributed by atoms with van der Waals surface area (Å²) in [6.45, 7) is 2.26. The van der Waals surface area contributed by atoms with Crippen LogP contribution in [0.25, 0.3) is 0 Å². The van der Waals surface area contributed by atoms with Crippen molar-refractivity contribution in [2.75, 3.05) is 17.5 Å². The molecule has 0 atom stereocenters. The first-order chi connectivity index (χ1) is 14.9. The number of carbonyl (C=O) groups excluding carboxylic acids is 1. The Bertz CT molecular complexity index is 1140. The molecule has 1 amide bonds. The molecule has 3 aromatic carbocycles. The third kappa shape index (κ3) is 5.77. The number of anilines is 1. The average molecular weight is 459 g/mol. The summed E-state index contributed by atoms with van der Waals surface area (Å²) in [6.07, 6.45) is 0. The minimum Gasteiger partial charge on any atom is -0.494 e. The van der Waals surface area contributed by atoms with Crippen molar-refractivity contribution in [1.29, 1.82) is 0 Å². The summed E-state index contributed by atoms with van der Waals surface area (Å²) in [5.74, 6) is 0.250. The zero-order valence-corrected chi connectivity index (χ0v) is 18.6. The van der Waals surface area contributed by atoms with Gasteiger partial charge in [0.2, 0.25) is 5.91 Å². The fourth-order valence-electron chi connectivity index (χ4n) is 2.97. The summed E-state index contributed by atoms with van der Waals surface area (Å²) in [6, 6.07) is 21.8. The predicted octanol–water partition coefficient (Wildman–Crippen LogP) is 4.25. The minimum absolute atomic E-state index is 0.0761. The van der Waals surface area contributed by atoms with Gasteiger partial charge in [-0.05, 0) is 48.9 Å². The lowest BCUT2D eigenvalue weighted by Crippen LogP contribution is -2.40. The lowest BCUT2D eigenvalue weighted by Gasteiger charge is -2.25. The zero-order chi connectivity index (χ0) is 22.3. The number of amides is 1. The van der Waals surface area contributed by atoms with Gasteiger partial charge in [-0.25, -0.2) is 8.42 Å². The van der Waals surface area contributed by atoms with Crippen LogP contribution in [0.15, 0.2) is 83.8 Å². The first-order valence-electron chi connectivity index (χ1n) is 9.72. The van der Waals surface area contributed by atoms with Crippen LogP contribution >= 0.6 is 11.6 Å². The highest BCUT2D eigenvalue weighted by Gasteiger charge is 2.28. The Morgan fingerprint density at radius 1 is 1.00 bits per heavy atom. The van der Waals surface area contributed by atoms with Gasteiger partial charge < -0.3 is 10.1 Å². The topological polar surface area (TPSA) is 75.7 Å². The molecule has 0 aromatic heterocycles. The number of halogens is 1. The van der Waals surface area contributed by atoms with Crippen LogP contribution in [0, 0.1) is 0 Å². The number of benzene rings is 3. The van der Waals surface area contributed by atoms with Crippen LogP contribution in [0.1, 0.15) is 12.5 Å². The molecule has 0 radical (unpaired) electrons. The van der Waals surface area contributed by atoms with Crippen molar-refractivity contribution in [1.82, 2.24) is 5.32 Å². The Labute approximate surface area is 187 Å². The van der Waals surface area contributed by atoms with Gasteiger partial charge in [0, 0.05) is 6.54 Å². The lowest BCUT2D eigenvalue weighted by molar-refractivity contribution is -0.119. The number of ether oxygens (including phenoxy) is 1. The van der Waals surface area contributed by atoms with Crippen molar-refractivity contribution >= 4 is 33.2 Å². The standard InChI is InChI=1S/C23H23ClN2O4S/c1-2-30-19-10-8-9-18(15-19)16-25-23(27)17-26(22-14-7-6-13-21(22)24)31(28,29)20-11-4-3-5-12-20/h3-15H,2,16-17H2,1H3,(H,25,27). The number of hydrogen-bond donors (Lipinski definition) is 1. The van der Waals surface area contributed by atoms with E-state index >= 15 is 0 Å². The highest BCUT2D eigenvalue weighted by Crippen LogP contribution is 2.30. The largest absolute Gasteiger partial charge is 0.494 e. The third-order valence-corrected chi connectivity index (χ3v) is 6.53. The summed E-state index contributed by atoms with van der Waals surface area (Å²) >= 11 is 6.26. The molecule has 3 aromatic rings. The Balaban J connectivity index is 1.81. The SMILES string of the molecule is CCOc1cccc(CNC(=O)CN(c2ccccc2Cl)S(=O)(=O)c2ccccc2)c1. The first-order valence-corrected chi connectivity index (χ1v) is 11.5. The summed E-state index contributed by atoms with van der Waals surface area (Å²) in [5.41, 5.74) is 1.08. The molecule has 0 heterocycles.